The summed E-state index contributed by atoms with van der Waals surface area (Å²) in [5, 5.41) is 0.467. The molecule has 0 radical (unpaired) electrons. The van der Waals surface area contributed by atoms with Crippen molar-refractivity contribution in [3.05, 3.63) is 108 Å². The molecule has 0 saturated carbocycles. The number of para-hydroxylation sites is 1. The monoisotopic (exact) mass is 515 g/mol. The zero-order valence-electron chi connectivity index (χ0n) is 19.2. The Morgan fingerprint density at radius 3 is 2.39 bits per heavy atom. The highest BCUT2D eigenvalue weighted by Crippen LogP contribution is 2.32. The van der Waals surface area contributed by atoms with Gasteiger partial charge in [-0.05, 0) is 66.2 Å². The van der Waals surface area contributed by atoms with Crippen LogP contribution in [0.25, 0.3) is 10.2 Å². The second kappa shape index (κ2) is 9.88. The van der Waals surface area contributed by atoms with Crippen LogP contribution in [-0.2, 0) is 16.4 Å². The van der Waals surface area contributed by atoms with E-state index in [1.807, 2.05) is 42.5 Å². The second-order valence-electron chi connectivity index (χ2n) is 8.09. The van der Waals surface area contributed by atoms with Crippen LogP contribution in [0.2, 0.25) is 0 Å². The lowest BCUT2D eigenvalue weighted by Gasteiger charge is -2.20. The second-order valence-corrected chi connectivity index (χ2v) is 11.1. The fraction of sp³-hybridized carbons (Fsp3) is 0.0741. The maximum Gasteiger partial charge on any atom is 0.260 e. The Hall–Kier alpha value is -4.08. The Balaban J connectivity index is 1.48. The molecule has 2 aromatic heterocycles. The standard InChI is InChI=1S/C27H21N3O4S2/c1-36(32,33)23-13-14-24-25(16-23)35-27(29-24)30(18-19-6-5-15-28-17-19)26(31)20-9-11-22(12-10-20)34-21-7-3-2-4-8-21/h2-17H,18H2,1H3. The highest BCUT2D eigenvalue weighted by molar-refractivity contribution is 7.90. The maximum absolute atomic E-state index is 13.7. The summed E-state index contributed by atoms with van der Waals surface area (Å²) in [5.41, 5.74) is 1.93. The molecular formula is C27H21N3O4S2. The fourth-order valence-electron chi connectivity index (χ4n) is 3.59. The Kier molecular flexibility index (Phi) is 6.49. The molecule has 0 bridgehead atoms. The average molecular weight is 516 g/mol. The number of benzene rings is 3. The van der Waals surface area contributed by atoms with Crippen LogP contribution in [0.15, 0.2) is 102 Å². The number of aromatic nitrogens is 2. The lowest BCUT2D eigenvalue weighted by atomic mass is 10.1. The first kappa shape index (κ1) is 23.7. The molecule has 5 aromatic rings. The molecular weight excluding hydrogens is 494 g/mol. The molecule has 2 heterocycles. The van der Waals surface area contributed by atoms with Gasteiger partial charge < -0.3 is 4.74 Å². The minimum absolute atomic E-state index is 0.212. The summed E-state index contributed by atoms with van der Waals surface area (Å²) in [6.45, 7) is 0.258. The first-order valence-corrected chi connectivity index (χ1v) is 13.7. The van der Waals surface area contributed by atoms with Gasteiger partial charge in [0.15, 0.2) is 15.0 Å². The number of thiazole rings is 1. The van der Waals surface area contributed by atoms with E-state index in [0.717, 1.165) is 5.56 Å². The van der Waals surface area contributed by atoms with Crippen LogP contribution in [0.1, 0.15) is 15.9 Å². The van der Waals surface area contributed by atoms with Gasteiger partial charge in [-0.1, -0.05) is 35.6 Å². The zero-order valence-corrected chi connectivity index (χ0v) is 20.9. The van der Waals surface area contributed by atoms with Gasteiger partial charge in [0.05, 0.1) is 21.7 Å². The number of ether oxygens (including phenoxy) is 1. The molecule has 0 saturated heterocycles. The van der Waals surface area contributed by atoms with Crippen molar-refractivity contribution in [2.24, 2.45) is 0 Å². The van der Waals surface area contributed by atoms with Gasteiger partial charge in [0.1, 0.15) is 11.5 Å². The summed E-state index contributed by atoms with van der Waals surface area (Å²) < 4.78 is 30.5. The van der Waals surface area contributed by atoms with Gasteiger partial charge >= 0.3 is 0 Å². The van der Waals surface area contributed by atoms with Gasteiger partial charge in [0.25, 0.3) is 5.91 Å². The molecule has 0 atom stereocenters. The van der Waals surface area contributed by atoms with E-state index in [1.165, 1.54) is 23.7 Å². The zero-order chi connectivity index (χ0) is 25.1. The molecule has 0 aliphatic rings. The predicted octanol–water partition coefficient (Wildman–Crippen LogP) is 5.73. The molecule has 0 unspecified atom stereocenters. The summed E-state index contributed by atoms with van der Waals surface area (Å²) in [4.78, 5) is 24.2. The topological polar surface area (TPSA) is 89.5 Å². The number of pyridine rings is 1. The molecule has 36 heavy (non-hydrogen) atoms. The molecule has 180 valence electrons. The van der Waals surface area contributed by atoms with Crippen molar-refractivity contribution < 1.29 is 17.9 Å². The molecule has 1 amide bonds. The van der Waals surface area contributed by atoms with Crippen molar-refractivity contribution in [2.45, 2.75) is 11.4 Å². The van der Waals surface area contributed by atoms with E-state index in [2.05, 4.69) is 9.97 Å². The maximum atomic E-state index is 13.7. The summed E-state index contributed by atoms with van der Waals surface area (Å²) in [7, 11) is -3.36. The average Bonchev–Trinajstić information content (AvgIpc) is 3.31. The van der Waals surface area contributed by atoms with E-state index in [-0.39, 0.29) is 17.3 Å². The number of rotatable bonds is 7. The van der Waals surface area contributed by atoms with Crippen molar-refractivity contribution in [1.29, 1.82) is 0 Å². The van der Waals surface area contributed by atoms with Gasteiger partial charge in [-0.3, -0.25) is 14.7 Å². The summed E-state index contributed by atoms with van der Waals surface area (Å²) >= 11 is 1.27. The third-order valence-electron chi connectivity index (χ3n) is 5.40. The van der Waals surface area contributed by atoms with E-state index in [4.69, 9.17) is 4.74 Å². The van der Waals surface area contributed by atoms with Crippen LogP contribution in [0.3, 0.4) is 0 Å². The predicted molar refractivity (Wildman–Crippen MR) is 140 cm³/mol. The number of hydrogen-bond acceptors (Lipinski definition) is 7. The Morgan fingerprint density at radius 2 is 1.69 bits per heavy atom. The quantitative estimate of drug-likeness (QED) is 0.275. The number of carbonyl (C=O) groups excluding carboxylic acids is 1. The van der Waals surface area contributed by atoms with Crippen molar-refractivity contribution in [3.63, 3.8) is 0 Å². The summed E-state index contributed by atoms with van der Waals surface area (Å²) in [6.07, 6.45) is 4.54. The number of amides is 1. The minimum Gasteiger partial charge on any atom is -0.457 e. The smallest absolute Gasteiger partial charge is 0.260 e. The van der Waals surface area contributed by atoms with Crippen molar-refractivity contribution in [3.8, 4) is 11.5 Å². The van der Waals surface area contributed by atoms with E-state index in [9.17, 15) is 13.2 Å². The van der Waals surface area contributed by atoms with Crippen LogP contribution in [0.5, 0.6) is 11.5 Å². The van der Waals surface area contributed by atoms with Gasteiger partial charge in [0, 0.05) is 24.2 Å². The molecule has 0 aliphatic heterocycles. The van der Waals surface area contributed by atoms with E-state index in [0.29, 0.717) is 32.4 Å². The molecule has 5 rings (SSSR count). The number of nitrogens with zero attached hydrogens (tertiary/aromatic N) is 3. The molecule has 7 nitrogen and oxygen atoms in total. The number of anilines is 1. The highest BCUT2D eigenvalue weighted by Gasteiger charge is 2.22. The number of sulfone groups is 1. The van der Waals surface area contributed by atoms with Gasteiger partial charge in [-0.25, -0.2) is 13.4 Å². The normalized spacial score (nSPS) is 11.4. The van der Waals surface area contributed by atoms with Crippen LogP contribution >= 0.6 is 11.3 Å². The molecule has 3 aromatic carbocycles. The molecule has 0 fully saturated rings. The van der Waals surface area contributed by atoms with Crippen LogP contribution in [0, 0.1) is 0 Å². The molecule has 0 N–H and O–H groups in total. The molecule has 9 heteroatoms. The summed E-state index contributed by atoms with van der Waals surface area (Å²) in [6, 6.07) is 24.8. The third-order valence-corrected chi connectivity index (χ3v) is 7.55. The van der Waals surface area contributed by atoms with Crippen molar-refractivity contribution in [1.82, 2.24) is 9.97 Å². The summed E-state index contributed by atoms with van der Waals surface area (Å²) in [5.74, 6) is 1.08. The lowest BCUT2D eigenvalue weighted by molar-refractivity contribution is 0.0985. The number of fused-ring (bicyclic) bond motifs is 1. The first-order valence-electron chi connectivity index (χ1n) is 11.0. The Labute approximate surface area is 212 Å². The van der Waals surface area contributed by atoms with Crippen LogP contribution < -0.4 is 9.64 Å². The van der Waals surface area contributed by atoms with E-state index < -0.39 is 9.84 Å². The lowest BCUT2D eigenvalue weighted by Crippen LogP contribution is -2.30. The fourth-order valence-corrected chi connectivity index (χ4v) is 5.31. The third kappa shape index (κ3) is 5.27. The van der Waals surface area contributed by atoms with E-state index in [1.54, 1.807) is 53.7 Å². The number of hydrogen-bond donors (Lipinski definition) is 0. The largest absolute Gasteiger partial charge is 0.457 e. The van der Waals surface area contributed by atoms with Gasteiger partial charge in [0.2, 0.25) is 0 Å². The molecule has 0 aliphatic carbocycles. The van der Waals surface area contributed by atoms with Gasteiger partial charge in [-0.15, -0.1) is 0 Å². The van der Waals surface area contributed by atoms with Crippen LogP contribution in [-0.4, -0.2) is 30.5 Å². The van der Waals surface area contributed by atoms with Crippen molar-refractivity contribution >= 4 is 42.4 Å². The Morgan fingerprint density at radius 1 is 0.944 bits per heavy atom. The van der Waals surface area contributed by atoms with Crippen molar-refractivity contribution in [2.75, 3.05) is 11.2 Å². The Bertz CT molecular complexity index is 1620. The SMILES string of the molecule is CS(=O)(=O)c1ccc2nc(N(Cc3cccnc3)C(=O)c3ccc(Oc4ccccc4)cc3)sc2c1. The van der Waals surface area contributed by atoms with Crippen LogP contribution in [0.4, 0.5) is 5.13 Å². The van der Waals surface area contributed by atoms with E-state index >= 15 is 0 Å². The number of carbonyl (C=O) groups is 1. The minimum atomic E-state index is -3.36. The van der Waals surface area contributed by atoms with Gasteiger partial charge in [-0.2, -0.15) is 0 Å². The molecule has 0 spiro atoms. The first-order chi connectivity index (χ1) is 17.4. The highest BCUT2D eigenvalue weighted by atomic mass is 32.2.